The van der Waals surface area contributed by atoms with Gasteiger partial charge < -0.3 is 15.4 Å². The molecule has 2 N–H and O–H groups in total. The van der Waals surface area contributed by atoms with Gasteiger partial charge in [0.25, 0.3) is 0 Å². The molecule has 21 heavy (non-hydrogen) atoms. The number of nitrogens with one attached hydrogen (secondary N) is 2. The molecule has 1 aliphatic heterocycles. The summed E-state index contributed by atoms with van der Waals surface area (Å²) in [5, 5.41) is 5.83. The van der Waals surface area contributed by atoms with Crippen molar-refractivity contribution in [2.45, 2.75) is 24.9 Å². The molecule has 1 atom stereocenters. The van der Waals surface area contributed by atoms with Crippen LogP contribution in [0.3, 0.4) is 0 Å². The molecule has 116 valence electrons. The van der Waals surface area contributed by atoms with E-state index in [2.05, 4.69) is 22.8 Å². The molecular weight excluding hydrogens is 284 g/mol. The van der Waals surface area contributed by atoms with Crippen molar-refractivity contribution in [2.24, 2.45) is 0 Å². The second-order valence-electron chi connectivity index (χ2n) is 5.39. The van der Waals surface area contributed by atoms with E-state index in [-0.39, 0.29) is 11.6 Å². The minimum atomic E-state index is -0.175. The first-order valence-electron chi connectivity index (χ1n) is 7.43. The molecule has 4 nitrogen and oxygen atoms in total. The van der Waals surface area contributed by atoms with E-state index in [1.165, 1.54) is 5.56 Å². The van der Waals surface area contributed by atoms with Gasteiger partial charge in [-0.3, -0.25) is 0 Å². The fourth-order valence-electron chi connectivity index (χ4n) is 2.40. The van der Waals surface area contributed by atoms with Gasteiger partial charge in [0.15, 0.2) is 0 Å². The van der Waals surface area contributed by atoms with Crippen LogP contribution in [0.5, 0.6) is 0 Å². The van der Waals surface area contributed by atoms with Gasteiger partial charge in [-0.05, 0) is 30.6 Å². The van der Waals surface area contributed by atoms with Crippen molar-refractivity contribution in [1.82, 2.24) is 10.6 Å². The van der Waals surface area contributed by atoms with Crippen LogP contribution in [0.25, 0.3) is 0 Å². The Hall–Kier alpha value is -1.20. The van der Waals surface area contributed by atoms with Crippen molar-refractivity contribution in [3.8, 4) is 0 Å². The number of rotatable bonds is 7. The second-order valence-corrected chi connectivity index (χ2v) is 6.49. The van der Waals surface area contributed by atoms with Crippen LogP contribution in [0.2, 0.25) is 0 Å². The summed E-state index contributed by atoms with van der Waals surface area (Å²) in [6, 6.07) is 10.2. The highest BCUT2D eigenvalue weighted by atomic mass is 32.2. The summed E-state index contributed by atoms with van der Waals surface area (Å²) >= 11 is 1.88. The Morgan fingerprint density at radius 3 is 2.81 bits per heavy atom. The maximum Gasteiger partial charge on any atom is 0.314 e. The van der Waals surface area contributed by atoms with Crippen LogP contribution in [0.4, 0.5) is 4.79 Å². The Balaban J connectivity index is 1.59. The summed E-state index contributed by atoms with van der Waals surface area (Å²) < 4.78 is 5.57. The Morgan fingerprint density at radius 2 is 2.14 bits per heavy atom. The van der Waals surface area contributed by atoms with Crippen LogP contribution in [-0.2, 0) is 11.2 Å². The third-order valence-electron chi connectivity index (χ3n) is 3.84. The monoisotopic (exact) mass is 308 g/mol. The summed E-state index contributed by atoms with van der Waals surface area (Å²) in [7, 11) is 1.73. The fraction of sp³-hybridized carbons (Fsp3) is 0.562. The SMILES string of the molecule is COC1(CNC(=O)NCCCc2ccccc2)CCSC1. The van der Waals surface area contributed by atoms with Gasteiger partial charge >= 0.3 is 6.03 Å². The highest BCUT2D eigenvalue weighted by Gasteiger charge is 2.34. The molecule has 5 heteroatoms. The third-order valence-corrected chi connectivity index (χ3v) is 5.06. The number of ether oxygens (including phenoxy) is 1. The Kier molecular flexibility index (Phi) is 6.39. The van der Waals surface area contributed by atoms with Crippen LogP contribution in [0, 0.1) is 0 Å². The first-order chi connectivity index (χ1) is 10.2. The first kappa shape index (κ1) is 16.2. The number of aryl methyl sites for hydroxylation is 1. The number of amides is 2. The Labute approximate surface area is 131 Å². The molecular formula is C16H24N2O2S. The number of thioether (sulfide) groups is 1. The standard InChI is InChI=1S/C16H24N2O2S/c1-20-16(9-11-21-13-16)12-18-15(19)17-10-5-8-14-6-3-2-4-7-14/h2-4,6-7H,5,8-13H2,1H3,(H2,17,18,19). The van der Waals surface area contributed by atoms with E-state index < -0.39 is 0 Å². The van der Waals surface area contributed by atoms with Crippen LogP contribution < -0.4 is 10.6 Å². The topological polar surface area (TPSA) is 50.4 Å². The van der Waals surface area contributed by atoms with Gasteiger partial charge in [0, 0.05) is 26.0 Å². The molecule has 1 fully saturated rings. The normalized spacial score (nSPS) is 21.2. The lowest BCUT2D eigenvalue weighted by atomic mass is 10.0. The second kappa shape index (κ2) is 8.29. The van der Waals surface area contributed by atoms with Gasteiger partial charge in [-0.25, -0.2) is 4.79 Å². The first-order valence-corrected chi connectivity index (χ1v) is 8.58. The van der Waals surface area contributed by atoms with Crippen molar-refractivity contribution >= 4 is 17.8 Å². The Bertz CT molecular complexity index is 433. The number of carbonyl (C=O) groups is 1. The molecule has 1 saturated heterocycles. The molecule has 0 aromatic heterocycles. The third kappa shape index (κ3) is 5.25. The lowest BCUT2D eigenvalue weighted by molar-refractivity contribution is 0.0157. The van der Waals surface area contributed by atoms with Gasteiger partial charge in [-0.15, -0.1) is 0 Å². The van der Waals surface area contributed by atoms with Gasteiger partial charge in [0.05, 0.1) is 5.60 Å². The molecule has 0 bridgehead atoms. The molecule has 1 aliphatic rings. The Morgan fingerprint density at radius 1 is 1.33 bits per heavy atom. The highest BCUT2D eigenvalue weighted by Crippen LogP contribution is 2.30. The van der Waals surface area contributed by atoms with Gasteiger partial charge in [0.1, 0.15) is 0 Å². The van der Waals surface area contributed by atoms with E-state index in [9.17, 15) is 4.79 Å². The van der Waals surface area contributed by atoms with E-state index in [0.717, 1.165) is 30.8 Å². The van der Waals surface area contributed by atoms with E-state index in [0.29, 0.717) is 13.1 Å². The molecule has 1 aromatic rings. The van der Waals surface area contributed by atoms with Crippen molar-refractivity contribution in [3.63, 3.8) is 0 Å². The molecule has 1 heterocycles. The van der Waals surface area contributed by atoms with Crippen LogP contribution in [0.15, 0.2) is 30.3 Å². The average Bonchev–Trinajstić information content (AvgIpc) is 3.00. The van der Waals surface area contributed by atoms with Gasteiger partial charge in [0.2, 0.25) is 0 Å². The number of hydrogen-bond donors (Lipinski definition) is 2. The zero-order valence-electron chi connectivity index (χ0n) is 12.6. The molecule has 1 aromatic carbocycles. The predicted molar refractivity (Wildman–Crippen MR) is 87.8 cm³/mol. The molecule has 0 radical (unpaired) electrons. The van der Waals surface area contributed by atoms with Crippen LogP contribution >= 0.6 is 11.8 Å². The molecule has 0 spiro atoms. The summed E-state index contributed by atoms with van der Waals surface area (Å²) in [4.78, 5) is 11.8. The predicted octanol–water partition coefficient (Wildman–Crippen LogP) is 2.44. The van der Waals surface area contributed by atoms with Crippen molar-refractivity contribution in [1.29, 1.82) is 0 Å². The maximum absolute atomic E-state index is 11.8. The number of benzene rings is 1. The minimum Gasteiger partial charge on any atom is -0.376 e. The smallest absolute Gasteiger partial charge is 0.314 e. The lowest BCUT2D eigenvalue weighted by Gasteiger charge is -2.26. The number of urea groups is 1. The summed E-state index contributed by atoms with van der Waals surface area (Å²) in [6.45, 7) is 1.27. The summed E-state index contributed by atoms with van der Waals surface area (Å²) in [6.07, 6.45) is 2.94. The van der Waals surface area contributed by atoms with Crippen molar-refractivity contribution < 1.29 is 9.53 Å². The summed E-state index contributed by atoms with van der Waals surface area (Å²) in [5.41, 5.74) is 1.13. The molecule has 2 rings (SSSR count). The highest BCUT2D eigenvalue weighted by molar-refractivity contribution is 7.99. The maximum atomic E-state index is 11.8. The van der Waals surface area contributed by atoms with Crippen molar-refractivity contribution in [3.05, 3.63) is 35.9 Å². The lowest BCUT2D eigenvalue weighted by Crippen LogP contribution is -2.47. The molecule has 0 saturated carbocycles. The molecule has 1 unspecified atom stereocenters. The largest absolute Gasteiger partial charge is 0.376 e. The number of hydrogen-bond acceptors (Lipinski definition) is 3. The van der Waals surface area contributed by atoms with Crippen molar-refractivity contribution in [2.75, 3.05) is 31.7 Å². The fourth-order valence-corrected chi connectivity index (χ4v) is 3.80. The molecule has 0 aliphatic carbocycles. The zero-order valence-corrected chi connectivity index (χ0v) is 13.4. The zero-order chi connectivity index (χ0) is 15.0. The number of methoxy groups -OCH3 is 1. The molecule has 2 amide bonds. The van der Waals surface area contributed by atoms with E-state index in [1.54, 1.807) is 7.11 Å². The minimum absolute atomic E-state index is 0.101. The average molecular weight is 308 g/mol. The van der Waals surface area contributed by atoms with Gasteiger partial charge in [-0.2, -0.15) is 11.8 Å². The van der Waals surface area contributed by atoms with Crippen LogP contribution in [0.1, 0.15) is 18.4 Å². The van der Waals surface area contributed by atoms with E-state index in [1.807, 2.05) is 30.0 Å². The van der Waals surface area contributed by atoms with Crippen LogP contribution in [-0.4, -0.2) is 43.3 Å². The summed E-state index contributed by atoms with van der Waals surface area (Å²) in [5.74, 6) is 2.06. The van der Waals surface area contributed by atoms with E-state index >= 15 is 0 Å². The van der Waals surface area contributed by atoms with Gasteiger partial charge in [-0.1, -0.05) is 30.3 Å². The van der Waals surface area contributed by atoms with E-state index in [4.69, 9.17) is 4.74 Å². The quantitative estimate of drug-likeness (QED) is 0.761. The number of carbonyl (C=O) groups excluding carboxylic acids is 1.